The minimum Gasteiger partial charge on any atom is -0.460 e. The molecule has 94 valence electrons. The van der Waals surface area contributed by atoms with Gasteiger partial charge in [-0.05, 0) is 32.9 Å². The molecule has 0 spiro atoms. The molecule has 0 radical (unpaired) electrons. The SMILES string of the molecule is CCOC(=O)C(=O)c1c(C)sc2ccc(C)cc12. The molecule has 0 saturated carbocycles. The average molecular weight is 262 g/mol. The summed E-state index contributed by atoms with van der Waals surface area (Å²) < 4.78 is 5.80. The second kappa shape index (κ2) is 4.90. The van der Waals surface area contributed by atoms with Crippen molar-refractivity contribution in [2.75, 3.05) is 6.61 Å². The van der Waals surface area contributed by atoms with Crippen molar-refractivity contribution in [1.29, 1.82) is 0 Å². The number of aryl methyl sites for hydroxylation is 2. The Morgan fingerprint density at radius 2 is 2.00 bits per heavy atom. The highest BCUT2D eigenvalue weighted by atomic mass is 32.1. The number of thiophene rings is 1. The fourth-order valence-electron chi connectivity index (χ4n) is 1.91. The van der Waals surface area contributed by atoms with Gasteiger partial charge in [0.2, 0.25) is 0 Å². The Labute approximate surface area is 109 Å². The number of rotatable bonds is 3. The molecular weight excluding hydrogens is 248 g/mol. The van der Waals surface area contributed by atoms with Gasteiger partial charge in [-0.2, -0.15) is 0 Å². The molecule has 2 rings (SSSR count). The van der Waals surface area contributed by atoms with Crippen LogP contribution in [-0.4, -0.2) is 18.4 Å². The highest BCUT2D eigenvalue weighted by molar-refractivity contribution is 7.19. The van der Waals surface area contributed by atoms with Crippen molar-refractivity contribution in [3.63, 3.8) is 0 Å². The molecule has 0 amide bonds. The summed E-state index contributed by atoms with van der Waals surface area (Å²) >= 11 is 1.52. The molecule has 3 nitrogen and oxygen atoms in total. The Balaban J connectivity index is 2.56. The van der Waals surface area contributed by atoms with E-state index >= 15 is 0 Å². The predicted molar refractivity (Wildman–Crippen MR) is 72.3 cm³/mol. The maximum Gasteiger partial charge on any atom is 0.379 e. The summed E-state index contributed by atoms with van der Waals surface area (Å²) in [5, 5.41) is 0.843. The van der Waals surface area contributed by atoms with Gasteiger partial charge in [-0.1, -0.05) is 11.6 Å². The lowest BCUT2D eigenvalue weighted by Crippen LogP contribution is -2.17. The van der Waals surface area contributed by atoms with Gasteiger partial charge in [-0.15, -0.1) is 11.3 Å². The van der Waals surface area contributed by atoms with Gasteiger partial charge in [0.15, 0.2) is 0 Å². The van der Waals surface area contributed by atoms with Gasteiger partial charge in [0.05, 0.1) is 12.2 Å². The smallest absolute Gasteiger partial charge is 0.379 e. The molecule has 4 heteroatoms. The third kappa shape index (κ3) is 2.16. The molecule has 2 aromatic rings. The average Bonchev–Trinajstić information content (AvgIpc) is 2.64. The summed E-state index contributed by atoms with van der Waals surface area (Å²) in [7, 11) is 0. The zero-order chi connectivity index (χ0) is 13.3. The minimum absolute atomic E-state index is 0.213. The number of carbonyl (C=O) groups is 2. The topological polar surface area (TPSA) is 43.4 Å². The number of hydrogen-bond acceptors (Lipinski definition) is 4. The third-order valence-corrected chi connectivity index (χ3v) is 3.79. The van der Waals surface area contributed by atoms with Gasteiger partial charge in [-0.25, -0.2) is 4.79 Å². The number of fused-ring (bicyclic) bond motifs is 1. The largest absolute Gasteiger partial charge is 0.460 e. The number of esters is 1. The highest BCUT2D eigenvalue weighted by Crippen LogP contribution is 2.31. The van der Waals surface area contributed by atoms with E-state index in [1.807, 2.05) is 32.0 Å². The second-order valence-corrected chi connectivity index (χ2v) is 5.34. The minimum atomic E-state index is -0.776. The first-order valence-electron chi connectivity index (χ1n) is 5.75. The maximum atomic E-state index is 12.1. The van der Waals surface area contributed by atoms with Crippen LogP contribution < -0.4 is 0 Å². The fraction of sp³-hybridized carbons (Fsp3) is 0.286. The quantitative estimate of drug-likeness (QED) is 0.484. The van der Waals surface area contributed by atoms with Gasteiger partial charge in [0.25, 0.3) is 5.78 Å². The first-order chi connectivity index (χ1) is 8.54. The van der Waals surface area contributed by atoms with E-state index in [0.717, 1.165) is 20.5 Å². The fourth-order valence-corrected chi connectivity index (χ4v) is 2.96. The Bertz CT molecular complexity index is 625. The van der Waals surface area contributed by atoms with E-state index in [0.29, 0.717) is 5.56 Å². The molecule has 0 saturated heterocycles. The number of benzene rings is 1. The van der Waals surface area contributed by atoms with E-state index in [1.165, 1.54) is 11.3 Å². The number of hydrogen-bond donors (Lipinski definition) is 0. The lowest BCUT2D eigenvalue weighted by atomic mass is 10.1. The highest BCUT2D eigenvalue weighted by Gasteiger charge is 2.23. The molecule has 0 unspecified atom stereocenters. The Hall–Kier alpha value is -1.68. The van der Waals surface area contributed by atoms with Crippen LogP contribution >= 0.6 is 11.3 Å². The van der Waals surface area contributed by atoms with Gasteiger partial charge < -0.3 is 4.74 Å². The molecule has 1 aromatic carbocycles. The first kappa shape index (κ1) is 12.8. The van der Waals surface area contributed by atoms with Crippen LogP contribution in [0.15, 0.2) is 18.2 Å². The van der Waals surface area contributed by atoms with E-state index in [4.69, 9.17) is 4.74 Å². The molecule has 0 fully saturated rings. The molecule has 0 N–H and O–H groups in total. The molecule has 0 aliphatic carbocycles. The number of ether oxygens (including phenoxy) is 1. The lowest BCUT2D eigenvalue weighted by molar-refractivity contribution is -0.137. The standard InChI is InChI=1S/C14H14O3S/c1-4-17-14(16)13(15)12-9(3)18-11-6-5-8(2)7-10(11)12/h5-7H,4H2,1-3H3. The van der Waals surface area contributed by atoms with Gasteiger partial charge in [0.1, 0.15) is 0 Å². The van der Waals surface area contributed by atoms with Gasteiger partial charge in [-0.3, -0.25) is 4.79 Å². The van der Waals surface area contributed by atoms with E-state index in [-0.39, 0.29) is 6.61 Å². The zero-order valence-corrected chi connectivity index (χ0v) is 11.4. The summed E-state index contributed by atoms with van der Waals surface area (Å²) in [6, 6.07) is 5.91. The number of ketones is 1. The zero-order valence-electron chi connectivity index (χ0n) is 10.6. The molecule has 1 aromatic heterocycles. The number of carbonyl (C=O) groups excluding carboxylic acids is 2. The van der Waals surface area contributed by atoms with Crippen molar-refractivity contribution in [3.8, 4) is 0 Å². The normalized spacial score (nSPS) is 10.6. The van der Waals surface area contributed by atoms with Crippen molar-refractivity contribution in [3.05, 3.63) is 34.2 Å². The first-order valence-corrected chi connectivity index (χ1v) is 6.57. The molecule has 18 heavy (non-hydrogen) atoms. The van der Waals surface area contributed by atoms with Gasteiger partial charge in [0, 0.05) is 15.0 Å². The summed E-state index contributed by atoms with van der Waals surface area (Å²) in [6.45, 7) is 5.72. The van der Waals surface area contributed by atoms with Crippen molar-refractivity contribution in [2.24, 2.45) is 0 Å². The van der Waals surface area contributed by atoms with E-state index in [2.05, 4.69) is 0 Å². The molecule has 0 aliphatic rings. The van der Waals surface area contributed by atoms with Crippen LogP contribution in [-0.2, 0) is 9.53 Å². The van der Waals surface area contributed by atoms with E-state index in [1.54, 1.807) is 6.92 Å². The molecule has 1 heterocycles. The van der Waals surface area contributed by atoms with Crippen LogP contribution in [0.25, 0.3) is 10.1 Å². The monoisotopic (exact) mass is 262 g/mol. The summed E-state index contributed by atoms with van der Waals surface area (Å²) in [6.07, 6.45) is 0. The van der Waals surface area contributed by atoms with Crippen LogP contribution in [0.2, 0.25) is 0 Å². The molecule has 0 atom stereocenters. The third-order valence-electron chi connectivity index (χ3n) is 2.71. The van der Waals surface area contributed by atoms with Crippen LogP contribution in [0.3, 0.4) is 0 Å². The van der Waals surface area contributed by atoms with Crippen molar-refractivity contribution < 1.29 is 14.3 Å². The molecule has 0 bridgehead atoms. The van der Waals surface area contributed by atoms with Crippen LogP contribution in [0.5, 0.6) is 0 Å². The molecule has 0 aliphatic heterocycles. The van der Waals surface area contributed by atoms with Crippen molar-refractivity contribution in [2.45, 2.75) is 20.8 Å². The van der Waals surface area contributed by atoms with Crippen molar-refractivity contribution in [1.82, 2.24) is 0 Å². The van der Waals surface area contributed by atoms with E-state index < -0.39 is 11.8 Å². The summed E-state index contributed by atoms with van der Waals surface area (Å²) in [5.41, 5.74) is 1.55. The number of Topliss-reactive ketones (excluding diaryl/α,β-unsaturated/α-hetero) is 1. The Kier molecular flexibility index (Phi) is 3.48. The van der Waals surface area contributed by atoms with Crippen LogP contribution in [0.1, 0.15) is 27.7 Å². The summed E-state index contributed by atoms with van der Waals surface area (Å²) in [5.74, 6) is -1.33. The van der Waals surface area contributed by atoms with Crippen LogP contribution in [0.4, 0.5) is 0 Å². The Morgan fingerprint density at radius 1 is 1.28 bits per heavy atom. The summed E-state index contributed by atoms with van der Waals surface area (Å²) in [4.78, 5) is 24.5. The maximum absolute atomic E-state index is 12.1. The predicted octanol–water partition coefficient (Wildman–Crippen LogP) is 3.26. The Morgan fingerprint density at radius 3 is 2.67 bits per heavy atom. The second-order valence-electron chi connectivity index (χ2n) is 4.08. The van der Waals surface area contributed by atoms with Gasteiger partial charge >= 0.3 is 5.97 Å². The van der Waals surface area contributed by atoms with E-state index in [9.17, 15) is 9.59 Å². The lowest BCUT2D eigenvalue weighted by Gasteiger charge is -2.01. The molecular formula is C14H14O3S. The van der Waals surface area contributed by atoms with Crippen LogP contribution in [0, 0.1) is 13.8 Å². The van der Waals surface area contributed by atoms with Crippen molar-refractivity contribution >= 4 is 33.2 Å².